The number of aromatic amines is 1. The maximum Gasteiger partial charge on any atom is 0.189 e. The number of imidazole rings is 1. The highest BCUT2D eigenvalue weighted by Crippen LogP contribution is 2.31. The van der Waals surface area contributed by atoms with Crippen LogP contribution in [0.3, 0.4) is 0 Å². The van der Waals surface area contributed by atoms with Gasteiger partial charge in [0.25, 0.3) is 0 Å². The Morgan fingerprint density at radius 2 is 2.23 bits per heavy atom. The zero-order valence-electron chi connectivity index (χ0n) is 11.7. The molecule has 4 aromatic rings. The molecule has 0 aliphatic rings. The Labute approximate surface area is 129 Å². The van der Waals surface area contributed by atoms with E-state index in [1.807, 2.05) is 25.1 Å². The second-order valence-electron chi connectivity index (χ2n) is 4.53. The summed E-state index contributed by atoms with van der Waals surface area (Å²) in [5.74, 6) is 1.51. The van der Waals surface area contributed by atoms with E-state index in [4.69, 9.17) is 4.74 Å². The van der Waals surface area contributed by atoms with Gasteiger partial charge in [0.15, 0.2) is 16.6 Å². The topological polar surface area (TPSA) is 88.6 Å². The summed E-state index contributed by atoms with van der Waals surface area (Å²) in [6.45, 7) is 2.61. The third-order valence-corrected chi connectivity index (χ3v) is 4.05. The van der Waals surface area contributed by atoms with Gasteiger partial charge in [0.1, 0.15) is 17.6 Å². The molecular formula is C14H12N6OS. The number of anilines is 2. The van der Waals surface area contributed by atoms with Crippen LogP contribution in [0.4, 0.5) is 10.9 Å². The maximum atomic E-state index is 5.51. The first-order valence-corrected chi connectivity index (χ1v) is 7.59. The fraction of sp³-hybridized carbons (Fsp3) is 0.143. The minimum atomic E-state index is 0.622. The van der Waals surface area contributed by atoms with E-state index in [1.54, 1.807) is 17.7 Å². The second kappa shape index (κ2) is 5.23. The van der Waals surface area contributed by atoms with Gasteiger partial charge in [-0.15, -0.1) is 0 Å². The second-order valence-corrected chi connectivity index (χ2v) is 5.56. The number of hydrogen-bond acceptors (Lipinski definition) is 7. The van der Waals surface area contributed by atoms with Crippen molar-refractivity contribution in [1.82, 2.24) is 24.9 Å². The van der Waals surface area contributed by atoms with Crippen molar-refractivity contribution in [2.24, 2.45) is 0 Å². The summed E-state index contributed by atoms with van der Waals surface area (Å²) < 4.78 is 6.57. The average molecular weight is 312 g/mol. The SMILES string of the molecule is CCOc1ccc2nc(Nc3ncnc4nc[nH]c34)sc2c1. The van der Waals surface area contributed by atoms with E-state index in [0.29, 0.717) is 18.1 Å². The maximum absolute atomic E-state index is 5.51. The van der Waals surface area contributed by atoms with E-state index >= 15 is 0 Å². The summed E-state index contributed by atoms with van der Waals surface area (Å²) in [5.41, 5.74) is 2.31. The molecular weight excluding hydrogens is 300 g/mol. The molecule has 1 aromatic carbocycles. The Morgan fingerprint density at radius 1 is 1.27 bits per heavy atom. The average Bonchev–Trinajstić information content (AvgIpc) is 3.13. The molecule has 0 spiro atoms. The number of hydrogen-bond donors (Lipinski definition) is 2. The molecule has 2 N–H and O–H groups in total. The Balaban J connectivity index is 1.70. The number of aromatic nitrogens is 5. The van der Waals surface area contributed by atoms with Gasteiger partial charge in [-0.2, -0.15) is 0 Å². The zero-order chi connectivity index (χ0) is 14.9. The standard InChI is InChI=1S/C14H12N6OS/c1-2-21-8-3-4-9-10(5-8)22-14(19-9)20-13-11-12(16-6-15-11)17-7-18-13/h3-7H,2H2,1H3,(H2,15,16,17,18,19,20). The highest BCUT2D eigenvalue weighted by atomic mass is 32.1. The van der Waals surface area contributed by atoms with Gasteiger partial charge < -0.3 is 15.0 Å². The molecule has 0 aliphatic heterocycles. The first kappa shape index (κ1) is 13.0. The zero-order valence-corrected chi connectivity index (χ0v) is 12.5. The van der Waals surface area contributed by atoms with Gasteiger partial charge in [-0.25, -0.2) is 19.9 Å². The van der Waals surface area contributed by atoms with Gasteiger partial charge in [-0.3, -0.25) is 0 Å². The van der Waals surface area contributed by atoms with Gasteiger partial charge in [0, 0.05) is 0 Å². The number of nitrogens with zero attached hydrogens (tertiary/aromatic N) is 4. The van der Waals surface area contributed by atoms with Crippen molar-refractivity contribution in [2.75, 3.05) is 11.9 Å². The molecule has 0 unspecified atom stereocenters. The molecule has 0 radical (unpaired) electrons. The third-order valence-electron chi connectivity index (χ3n) is 3.12. The van der Waals surface area contributed by atoms with E-state index in [9.17, 15) is 0 Å². The summed E-state index contributed by atoms with van der Waals surface area (Å²) in [5, 5.41) is 3.98. The molecule has 0 fully saturated rings. The first-order valence-electron chi connectivity index (χ1n) is 6.78. The number of nitrogens with one attached hydrogen (secondary N) is 2. The van der Waals surface area contributed by atoms with E-state index in [0.717, 1.165) is 26.6 Å². The molecule has 0 atom stereocenters. The van der Waals surface area contributed by atoms with Crippen molar-refractivity contribution in [2.45, 2.75) is 6.92 Å². The fourth-order valence-corrected chi connectivity index (χ4v) is 3.07. The summed E-state index contributed by atoms with van der Waals surface area (Å²) in [4.78, 5) is 20.0. The molecule has 0 aliphatic carbocycles. The lowest BCUT2D eigenvalue weighted by molar-refractivity contribution is 0.341. The number of H-pyrrole nitrogens is 1. The van der Waals surface area contributed by atoms with E-state index in [1.165, 1.54) is 6.33 Å². The highest BCUT2D eigenvalue weighted by molar-refractivity contribution is 7.22. The minimum Gasteiger partial charge on any atom is -0.494 e. The quantitative estimate of drug-likeness (QED) is 0.602. The lowest BCUT2D eigenvalue weighted by atomic mass is 10.3. The van der Waals surface area contributed by atoms with Crippen LogP contribution in [0.2, 0.25) is 0 Å². The monoisotopic (exact) mass is 312 g/mol. The van der Waals surface area contributed by atoms with Crippen molar-refractivity contribution in [3.8, 4) is 5.75 Å². The van der Waals surface area contributed by atoms with Crippen LogP contribution >= 0.6 is 11.3 Å². The molecule has 7 nitrogen and oxygen atoms in total. The Kier molecular flexibility index (Phi) is 3.08. The lowest BCUT2D eigenvalue weighted by Gasteiger charge is -2.00. The minimum absolute atomic E-state index is 0.622. The predicted molar refractivity (Wildman–Crippen MR) is 85.8 cm³/mol. The Morgan fingerprint density at radius 3 is 3.14 bits per heavy atom. The molecule has 4 rings (SSSR count). The van der Waals surface area contributed by atoms with Crippen molar-refractivity contribution in [3.05, 3.63) is 30.9 Å². The van der Waals surface area contributed by atoms with E-state index in [2.05, 4.69) is 30.2 Å². The predicted octanol–water partition coefficient (Wildman–Crippen LogP) is 3.10. The Hall–Kier alpha value is -2.74. The Bertz CT molecular complexity index is 947. The molecule has 0 amide bonds. The number of ether oxygens (including phenoxy) is 1. The summed E-state index contributed by atoms with van der Waals surface area (Å²) in [6.07, 6.45) is 3.07. The molecule has 0 saturated heterocycles. The summed E-state index contributed by atoms with van der Waals surface area (Å²) in [7, 11) is 0. The van der Waals surface area contributed by atoms with Gasteiger partial charge in [0.05, 0.1) is 23.2 Å². The highest BCUT2D eigenvalue weighted by Gasteiger charge is 2.10. The van der Waals surface area contributed by atoms with Gasteiger partial charge in [0.2, 0.25) is 0 Å². The van der Waals surface area contributed by atoms with Crippen LogP contribution < -0.4 is 10.1 Å². The summed E-state index contributed by atoms with van der Waals surface area (Å²) >= 11 is 1.55. The first-order chi connectivity index (χ1) is 10.8. The number of thiazole rings is 1. The molecule has 3 aromatic heterocycles. The lowest BCUT2D eigenvalue weighted by Crippen LogP contribution is -1.95. The largest absolute Gasteiger partial charge is 0.494 e. The molecule has 110 valence electrons. The fourth-order valence-electron chi connectivity index (χ4n) is 2.18. The van der Waals surface area contributed by atoms with Crippen LogP contribution in [-0.2, 0) is 0 Å². The van der Waals surface area contributed by atoms with Gasteiger partial charge >= 0.3 is 0 Å². The van der Waals surface area contributed by atoms with Gasteiger partial charge in [-0.1, -0.05) is 11.3 Å². The molecule has 3 heterocycles. The molecule has 22 heavy (non-hydrogen) atoms. The molecule has 8 heteroatoms. The smallest absolute Gasteiger partial charge is 0.189 e. The normalized spacial score (nSPS) is 11.1. The van der Waals surface area contributed by atoms with Crippen molar-refractivity contribution in [3.63, 3.8) is 0 Å². The molecule has 0 saturated carbocycles. The third kappa shape index (κ3) is 2.23. The van der Waals surface area contributed by atoms with Crippen LogP contribution in [0, 0.1) is 0 Å². The van der Waals surface area contributed by atoms with Crippen LogP contribution in [0.25, 0.3) is 21.4 Å². The van der Waals surface area contributed by atoms with Crippen LogP contribution in [0.15, 0.2) is 30.9 Å². The number of rotatable bonds is 4. The van der Waals surface area contributed by atoms with E-state index in [-0.39, 0.29) is 0 Å². The van der Waals surface area contributed by atoms with Crippen molar-refractivity contribution >= 4 is 43.7 Å². The number of fused-ring (bicyclic) bond motifs is 2. The van der Waals surface area contributed by atoms with Crippen molar-refractivity contribution in [1.29, 1.82) is 0 Å². The van der Waals surface area contributed by atoms with Crippen LogP contribution in [0.1, 0.15) is 6.92 Å². The van der Waals surface area contributed by atoms with Crippen LogP contribution in [0.5, 0.6) is 5.75 Å². The van der Waals surface area contributed by atoms with E-state index < -0.39 is 0 Å². The van der Waals surface area contributed by atoms with Crippen molar-refractivity contribution < 1.29 is 4.74 Å². The summed E-state index contributed by atoms with van der Waals surface area (Å²) in [6, 6.07) is 5.87. The number of benzene rings is 1. The van der Waals surface area contributed by atoms with Crippen LogP contribution in [-0.4, -0.2) is 31.5 Å². The molecule has 0 bridgehead atoms. The van der Waals surface area contributed by atoms with Gasteiger partial charge in [-0.05, 0) is 25.1 Å².